The molecule has 12 aromatic rings. The number of para-hydroxylation sites is 3. The minimum absolute atomic E-state index is 0.693. The number of hydrogen-bond acceptors (Lipinski definition) is 2. The van der Waals surface area contributed by atoms with Crippen LogP contribution in [0, 0.1) is 0 Å². The van der Waals surface area contributed by atoms with Gasteiger partial charge in [-0.2, -0.15) is 0 Å². The van der Waals surface area contributed by atoms with Crippen molar-refractivity contribution in [3.8, 4) is 56.4 Å². The number of fused-ring (bicyclic) bond motifs is 8. The van der Waals surface area contributed by atoms with Crippen molar-refractivity contribution in [1.29, 1.82) is 0 Å². The number of benzene rings is 9. The molecule has 0 aliphatic heterocycles. The van der Waals surface area contributed by atoms with Gasteiger partial charge in [0, 0.05) is 49.6 Å². The summed E-state index contributed by atoms with van der Waals surface area (Å²) >= 11 is 0. The van der Waals surface area contributed by atoms with Crippen LogP contribution in [0.15, 0.2) is 218 Å². The van der Waals surface area contributed by atoms with Gasteiger partial charge in [0.1, 0.15) is 0 Å². The lowest BCUT2D eigenvalue weighted by atomic mass is 9.98. The zero-order chi connectivity index (χ0) is 39.6. The van der Waals surface area contributed by atoms with E-state index in [1.54, 1.807) is 0 Å². The smallest absolute Gasteiger partial charge is 0.160 e. The zero-order valence-corrected chi connectivity index (χ0v) is 32.6. The Balaban J connectivity index is 1.11. The lowest BCUT2D eigenvalue weighted by Crippen LogP contribution is -1.99. The standard InChI is InChI=1S/C56H36N4/c1-4-16-37(17-5-1)38-28-30-39(31-29-38)48-36-49(58-56(57-48)40-18-6-2-7-19-40)47-35-43(34-41-20-10-11-23-44(41)47)60-51-27-15-13-25-46(51)55-53(60)33-32-52-54(55)45-24-12-14-26-50(45)59(52)42-21-8-3-9-22-42/h1-36H. The second-order valence-electron chi connectivity index (χ2n) is 15.4. The molecule has 60 heavy (non-hydrogen) atoms. The molecular weight excluding hydrogens is 729 g/mol. The van der Waals surface area contributed by atoms with Crippen LogP contribution in [0.4, 0.5) is 0 Å². The van der Waals surface area contributed by atoms with Gasteiger partial charge in [0.2, 0.25) is 0 Å². The molecule has 0 saturated heterocycles. The largest absolute Gasteiger partial charge is 0.309 e. The van der Waals surface area contributed by atoms with E-state index in [1.165, 1.54) is 43.7 Å². The topological polar surface area (TPSA) is 35.6 Å². The normalized spacial score (nSPS) is 11.7. The van der Waals surface area contributed by atoms with Gasteiger partial charge in [0.15, 0.2) is 5.82 Å². The highest BCUT2D eigenvalue weighted by Gasteiger charge is 2.22. The van der Waals surface area contributed by atoms with E-state index in [9.17, 15) is 0 Å². The van der Waals surface area contributed by atoms with Crippen LogP contribution in [0.1, 0.15) is 0 Å². The van der Waals surface area contributed by atoms with Crippen molar-refractivity contribution >= 4 is 54.4 Å². The monoisotopic (exact) mass is 764 g/mol. The van der Waals surface area contributed by atoms with Crippen molar-refractivity contribution in [2.75, 3.05) is 0 Å². The Morgan fingerprint density at radius 1 is 0.300 bits per heavy atom. The average Bonchev–Trinajstić information content (AvgIpc) is 3.85. The molecule has 0 amide bonds. The van der Waals surface area contributed by atoms with Crippen molar-refractivity contribution in [2.24, 2.45) is 0 Å². The van der Waals surface area contributed by atoms with Crippen molar-refractivity contribution in [3.05, 3.63) is 218 Å². The van der Waals surface area contributed by atoms with Crippen molar-refractivity contribution < 1.29 is 0 Å². The minimum Gasteiger partial charge on any atom is -0.309 e. The fourth-order valence-corrected chi connectivity index (χ4v) is 9.20. The van der Waals surface area contributed by atoms with E-state index >= 15 is 0 Å². The maximum atomic E-state index is 5.35. The van der Waals surface area contributed by atoms with Crippen molar-refractivity contribution in [2.45, 2.75) is 0 Å². The predicted molar refractivity (Wildman–Crippen MR) is 250 cm³/mol. The lowest BCUT2D eigenvalue weighted by molar-refractivity contribution is 1.17. The third kappa shape index (κ3) is 5.46. The van der Waals surface area contributed by atoms with Crippen LogP contribution in [-0.4, -0.2) is 19.1 Å². The van der Waals surface area contributed by atoms with Crippen LogP contribution in [-0.2, 0) is 0 Å². The van der Waals surface area contributed by atoms with Gasteiger partial charge in [0.05, 0.1) is 33.5 Å². The molecule has 12 rings (SSSR count). The van der Waals surface area contributed by atoms with Crippen LogP contribution < -0.4 is 0 Å². The Morgan fingerprint density at radius 3 is 1.43 bits per heavy atom. The molecule has 0 N–H and O–H groups in total. The van der Waals surface area contributed by atoms with E-state index < -0.39 is 0 Å². The summed E-state index contributed by atoms with van der Waals surface area (Å²) in [5.74, 6) is 0.693. The molecule has 0 aliphatic rings. The summed E-state index contributed by atoms with van der Waals surface area (Å²) in [7, 11) is 0. The van der Waals surface area contributed by atoms with E-state index in [0.29, 0.717) is 5.82 Å². The van der Waals surface area contributed by atoms with Crippen LogP contribution in [0.5, 0.6) is 0 Å². The maximum Gasteiger partial charge on any atom is 0.160 e. The van der Waals surface area contributed by atoms with Gasteiger partial charge in [-0.3, -0.25) is 0 Å². The molecule has 280 valence electrons. The Morgan fingerprint density at radius 2 is 0.783 bits per heavy atom. The summed E-state index contributed by atoms with van der Waals surface area (Å²) in [6, 6.07) is 77.9. The summed E-state index contributed by atoms with van der Waals surface area (Å²) in [4.78, 5) is 10.5. The Labute approximate surface area is 346 Å². The second-order valence-corrected chi connectivity index (χ2v) is 15.4. The van der Waals surface area contributed by atoms with Crippen LogP contribution >= 0.6 is 0 Å². The summed E-state index contributed by atoms with van der Waals surface area (Å²) in [6.07, 6.45) is 0. The highest BCUT2D eigenvalue weighted by molar-refractivity contribution is 6.29. The van der Waals surface area contributed by atoms with Crippen LogP contribution in [0.2, 0.25) is 0 Å². The van der Waals surface area contributed by atoms with Crippen LogP contribution in [0.25, 0.3) is 111 Å². The highest BCUT2D eigenvalue weighted by atomic mass is 15.0. The number of nitrogens with zero attached hydrogens (tertiary/aromatic N) is 4. The molecular formula is C56H36N4. The average molecular weight is 765 g/mol. The first-order valence-corrected chi connectivity index (χ1v) is 20.4. The summed E-state index contributed by atoms with van der Waals surface area (Å²) < 4.78 is 4.84. The van der Waals surface area contributed by atoms with E-state index in [0.717, 1.165) is 61.3 Å². The maximum absolute atomic E-state index is 5.35. The summed E-state index contributed by atoms with van der Waals surface area (Å²) in [6.45, 7) is 0. The molecule has 9 aromatic carbocycles. The van der Waals surface area contributed by atoms with E-state index in [1.807, 2.05) is 18.2 Å². The van der Waals surface area contributed by atoms with Gasteiger partial charge in [-0.05, 0) is 76.5 Å². The summed E-state index contributed by atoms with van der Waals surface area (Å²) in [5, 5.41) is 7.25. The molecule has 3 aromatic heterocycles. The molecule has 4 heteroatoms. The lowest BCUT2D eigenvalue weighted by Gasteiger charge is -2.15. The molecule has 0 bridgehead atoms. The van der Waals surface area contributed by atoms with Gasteiger partial charge < -0.3 is 9.13 Å². The van der Waals surface area contributed by atoms with E-state index in [-0.39, 0.29) is 0 Å². The fourth-order valence-electron chi connectivity index (χ4n) is 9.20. The Kier molecular flexibility index (Phi) is 7.82. The molecule has 0 spiro atoms. The number of rotatable bonds is 6. The van der Waals surface area contributed by atoms with Gasteiger partial charge >= 0.3 is 0 Å². The van der Waals surface area contributed by atoms with E-state index in [2.05, 4.69) is 209 Å². The number of hydrogen-bond donors (Lipinski definition) is 0. The molecule has 0 atom stereocenters. The molecule has 0 radical (unpaired) electrons. The Bertz CT molecular complexity index is 3570. The van der Waals surface area contributed by atoms with Gasteiger partial charge in [-0.25, -0.2) is 9.97 Å². The first-order valence-electron chi connectivity index (χ1n) is 20.4. The third-order valence-electron chi connectivity index (χ3n) is 11.9. The molecule has 4 nitrogen and oxygen atoms in total. The van der Waals surface area contributed by atoms with Crippen LogP contribution in [0.3, 0.4) is 0 Å². The third-order valence-corrected chi connectivity index (χ3v) is 11.9. The van der Waals surface area contributed by atoms with Crippen molar-refractivity contribution in [3.63, 3.8) is 0 Å². The highest BCUT2D eigenvalue weighted by Crippen LogP contribution is 2.43. The van der Waals surface area contributed by atoms with Gasteiger partial charge in [-0.15, -0.1) is 0 Å². The molecule has 3 heterocycles. The van der Waals surface area contributed by atoms with Crippen molar-refractivity contribution in [1.82, 2.24) is 19.1 Å². The van der Waals surface area contributed by atoms with Gasteiger partial charge in [0.25, 0.3) is 0 Å². The molecule has 0 aliphatic carbocycles. The second kappa shape index (κ2) is 13.8. The number of aromatic nitrogens is 4. The fraction of sp³-hybridized carbons (Fsp3) is 0. The minimum atomic E-state index is 0.693. The molecule has 0 saturated carbocycles. The molecule has 0 fully saturated rings. The SMILES string of the molecule is c1ccc(-c2ccc(-c3cc(-c4cc(-n5c6ccccc6c6c7c8ccccc8n(-c8ccccc8)c7ccc65)cc5ccccc45)nc(-c4ccccc4)n3)cc2)cc1. The Hall–Kier alpha value is -8.08. The predicted octanol–water partition coefficient (Wildman–Crippen LogP) is 14.5. The first kappa shape index (κ1) is 34.0. The van der Waals surface area contributed by atoms with E-state index in [4.69, 9.17) is 9.97 Å². The quantitative estimate of drug-likeness (QED) is 0.169. The summed E-state index contributed by atoms with van der Waals surface area (Å²) in [5.41, 5.74) is 14.1. The zero-order valence-electron chi connectivity index (χ0n) is 32.6. The van der Waals surface area contributed by atoms with Gasteiger partial charge in [-0.1, -0.05) is 164 Å². The molecule has 0 unspecified atom stereocenters. The first-order chi connectivity index (χ1) is 29.8.